The van der Waals surface area contributed by atoms with Gasteiger partial charge in [0.25, 0.3) is 0 Å². The number of hydrogen-bond donors (Lipinski definition) is 0. The van der Waals surface area contributed by atoms with Crippen molar-refractivity contribution in [1.29, 1.82) is 0 Å². The summed E-state index contributed by atoms with van der Waals surface area (Å²) in [4.78, 5) is 0. The molecule has 0 saturated carbocycles. The Hall–Kier alpha value is -7.82. The molecule has 0 bridgehead atoms. The van der Waals surface area contributed by atoms with Crippen molar-refractivity contribution < 1.29 is 0 Å². The van der Waals surface area contributed by atoms with Gasteiger partial charge in [0.05, 0.1) is 39.2 Å². The zero-order chi connectivity index (χ0) is 38.3. The van der Waals surface area contributed by atoms with Gasteiger partial charge in [0, 0.05) is 54.3 Å². The zero-order valence-corrected chi connectivity index (χ0v) is 31.8. The number of nitrogens with zero attached hydrogens (tertiary/aromatic N) is 4. The summed E-state index contributed by atoms with van der Waals surface area (Å²) in [7, 11) is 0. The monoisotopic (exact) mass is 748 g/mol. The number of para-hydroxylation sites is 3. The van der Waals surface area contributed by atoms with E-state index in [1.54, 1.807) is 0 Å². The van der Waals surface area contributed by atoms with Crippen molar-refractivity contribution in [3.63, 3.8) is 0 Å². The Morgan fingerprint density at radius 1 is 0.407 bits per heavy atom. The highest BCUT2D eigenvalue weighted by Crippen LogP contribution is 2.55. The number of rotatable bonds is 3. The minimum absolute atomic E-state index is 0.0944. The first-order valence-corrected chi connectivity index (χ1v) is 20.4. The first-order chi connectivity index (χ1) is 29.3. The Bertz CT molecular complexity index is 3910. The largest absolute Gasteiger partial charge is 0.309 e. The van der Waals surface area contributed by atoms with Crippen LogP contribution in [-0.2, 0) is 0 Å². The Morgan fingerprint density at radius 2 is 1.07 bits per heavy atom. The first kappa shape index (κ1) is 31.3. The van der Waals surface area contributed by atoms with E-state index in [0.717, 1.165) is 38.9 Å². The van der Waals surface area contributed by atoms with Gasteiger partial charge in [-0.15, -0.1) is 5.10 Å². The van der Waals surface area contributed by atoms with Gasteiger partial charge >= 0.3 is 0 Å². The van der Waals surface area contributed by atoms with Crippen molar-refractivity contribution in [2.45, 2.75) is 5.92 Å². The lowest BCUT2D eigenvalue weighted by atomic mass is 9.88. The Labute approximate surface area is 338 Å². The van der Waals surface area contributed by atoms with Crippen LogP contribution in [0.25, 0.3) is 110 Å². The molecule has 1 unspecified atom stereocenters. The normalized spacial score (nSPS) is 13.9. The topological polar surface area (TPSA) is 35.1 Å². The van der Waals surface area contributed by atoms with Crippen LogP contribution in [0.5, 0.6) is 0 Å². The predicted octanol–water partition coefficient (Wildman–Crippen LogP) is 13.9. The standard InChI is InChI=1S/C55H32N4/c1-2-16-35(17-3-1)58-46-24-12-10-18-36(46)38-27-26-34(30-48(38)58)53-41-22-8-9-23-42(41)54(57-56-53)51-40-21-7-6-20-39(40)50-45(51)31-43-37-19-11-13-25-47(37)59-49-29-33-15-5-4-14-32(33)28-44(49)52(50)55(43)59/h1-31,51H. The minimum atomic E-state index is -0.0944. The molecule has 0 radical (unpaired) electrons. The molecule has 0 amide bonds. The summed E-state index contributed by atoms with van der Waals surface area (Å²) in [5.74, 6) is -0.0944. The lowest BCUT2D eigenvalue weighted by Gasteiger charge is -2.17. The molecular formula is C55H32N4. The van der Waals surface area contributed by atoms with Crippen LogP contribution in [0.15, 0.2) is 188 Å². The first-order valence-electron chi connectivity index (χ1n) is 20.4. The second-order valence-corrected chi connectivity index (χ2v) is 16.1. The predicted molar refractivity (Wildman–Crippen MR) is 244 cm³/mol. The molecule has 4 aromatic heterocycles. The molecule has 9 aromatic carbocycles. The van der Waals surface area contributed by atoms with Gasteiger partial charge in [-0.3, -0.25) is 0 Å². The summed E-state index contributed by atoms with van der Waals surface area (Å²) in [6.07, 6.45) is 0. The van der Waals surface area contributed by atoms with Gasteiger partial charge in [-0.1, -0.05) is 140 Å². The molecule has 4 nitrogen and oxygen atoms in total. The number of aromatic nitrogens is 4. The molecule has 14 rings (SSSR count). The smallest absolute Gasteiger partial charge is 0.101 e. The van der Waals surface area contributed by atoms with E-state index < -0.39 is 0 Å². The molecule has 0 spiro atoms. The van der Waals surface area contributed by atoms with E-state index in [0.29, 0.717) is 0 Å². The Morgan fingerprint density at radius 3 is 1.92 bits per heavy atom. The molecule has 1 atom stereocenters. The van der Waals surface area contributed by atoms with Crippen LogP contribution in [0.1, 0.15) is 22.7 Å². The third kappa shape index (κ3) is 4.07. The summed E-state index contributed by atoms with van der Waals surface area (Å²) in [5.41, 5.74) is 15.3. The van der Waals surface area contributed by atoms with Crippen LogP contribution in [-0.4, -0.2) is 19.2 Å². The van der Waals surface area contributed by atoms with Gasteiger partial charge in [0.15, 0.2) is 0 Å². The summed E-state index contributed by atoms with van der Waals surface area (Å²) >= 11 is 0. The summed E-state index contributed by atoms with van der Waals surface area (Å²) < 4.78 is 4.88. The third-order valence-corrected chi connectivity index (χ3v) is 13.2. The highest BCUT2D eigenvalue weighted by Gasteiger charge is 2.36. The fraction of sp³-hybridized carbons (Fsp3) is 0.0182. The van der Waals surface area contributed by atoms with Crippen LogP contribution in [0.3, 0.4) is 0 Å². The van der Waals surface area contributed by atoms with Crippen molar-refractivity contribution >= 4 is 81.4 Å². The second kappa shape index (κ2) is 11.4. The quantitative estimate of drug-likeness (QED) is 0.180. The molecule has 13 aromatic rings. The molecule has 4 heterocycles. The van der Waals surface area contributed by atoms with E-state index in [4.69, 9.17) is 10.2 Å². The van der Waals surface area contributed by atoms with E-state index in [9.17, 15) is 0 Å². The number of benzene rings is 9. The van der Waals surface area contributed by atoms with Gasteiger partial charge in [-0.2, -0.15) is 5.10 Å². The number of hydrogen-bond acceptors (Lipinski definition) is 2. The van der Waals surface area contributed by atoms with Crippen molar-refractivity contribution in [3.05, 3.63) is 205 Å². The molecule has 0 fully saturated rings. The van der Waals surface area contributed by atoms with Gasteiger partial charge in [-0.25, -0.2) is 0 Å². The van der Waals surface area contributed by atoms with Crippen molar-refractivity contribution in [3.8, 4) is 28.1 Å². The van der Waals surface area contributed by atoms with Crippen LogP contribution in [0.2, 0.25) is 0 Å². The maximum atomic E-state index is 5.29. The molecule has 1 aliphatic carbocycles. The van der Waals surface area contributed by atoms with Gasteiger partial charge in [-0.05, 0) is 81.6 Å². The van der Waals surface area contributed by atoms with Gasteiger partial charge in [0.2, 0.25) is 0 Å². The summed E-state index contributed by atoms with van der Waals surface area (Å²) in [6.45, 7) is 0. The molecule has 0 saturated heterocycles. The van der Waals surface area contributed by atoms with Crippen LogP contribution < -0.4 is 0 Å². The lowest BCUT2D eigenvalue weighted by Crippen LogP contribution is -2.06. The lowest BCUT2D eigenvalue weighted by molar-refractivity contribution is 0.894. The fourth-order valence-electron chi connectivity index (χ4n) is 10.8. The highest BCUT2D eigenvalue weighted by atomic mass is 15.1. The zero-order valence-electron chi connectivity index (χ0n) is 31.8. The van der Waals surface area contributed by atoms with E-state index in [2.05, 4.69) is 197 Å². The highest BCUT2D eigenvalue weighted by molar-refractivity contribution is 6.29. The molecule has 0 N–H and O–H groups in total. The van der Waals surface area contributed by atoms with Gasteiger partial charge < -0.3 is 8.97 Å². The van der Waals surface area contributed by atoms with Crippen molar-refractivity contribution in [1.82, 2.24) is 19.2 Å². The average molecular weight is 749 g/mol. The molecule has 0 aliphatic heterocycles. The maximum Gasteiger partial charge on any atom is 0.101 e. The van der Waals surface area contributed by atoms with E-state index in [1.807, 2.05) is 0 Å². The van der Waals surface area contributed by atoms with Crippen LogP contribution in [0, 0.1) is 0 Å². The number of fused-ring (bicyclic) bond motifs is 15. The maximum absolute atomic E-state index is 5.29. The molecule has 4 heteroatoms. The summed E-state index contributed by atoms with van der Waals surface area (Å²) in [5, 5.41) is 22.8. The van der Waals surface area contributed by atoms with Crippen LogP contribution >= 0.6 is 0 Å². The van der Waals surface area contributed by atoms with Crippen molar-refractivity contribution in [2.75, 3.05) is 0 Å². The summed E-state index contributed by atoms with van der Waals surface area (Å²) in [6, 6.07) is 68.7. The Kier molecular flexibility index (Phi) is 6.05. The third-order valence-electron chi connectivity index (χ3n) is 13.2. The molecular weight excluding hydrogens is 717 g/mol. The van der Waals surface area contributed by atoms with Crippen molar-refractivity contribution in [2.24, 2.45) is 0 Å². The fourth-order valence-corrected chi connectivity index (χ4v) is 10.8. The Balaban J connectivity index is 1.04. The van der Waals surface area contributed by atoms with Crippen LogP contribution in [0.4, 0.5) is 0 Å². The SMILES string of the molecule is c1ccc(-n2c3ccccc3c3ccc(-c4nnc(C5c6ccccc6-c6c5cc5c7ccccc7n7c8cc9ccccc9cc8c6c57)c5ccccc45)cc32)cc1. The molecule has 272 valence electrons. The van der Waals surface area contributed by atoms with E-state index in [1.165, 1.54) is 87.4 Å². The molecule has 59 heavy (non-hydrogen) atoms. The minimum Gasteiger partial charge on any atom is -0.309 e. The average Bonchev–Trinajstić information content (AvgIpc) is 4.01. The second-order valence-electron chi connectivity index (χ2n) is 16.1. The van der Waals surface area contributed by atoms with E-state index >= 15 is 0 Å². The van der Waals surface area contributed by atoms with Gasteiger partial charge in [0.1, 0.15) is 5.69 Å². The molecule has 1 aliphatic rings. The van der Waals surface area contributed by atoms with E-state index in [-0.39, 0.29) is 5.92 Å².